The van der Waals surface area contributed by atoms with Crippen molar-refractivity contribution in [2.45, 2.75) is 18.9 Å². The summed E-state index contributed by atoms with van der Waals surface area (Å²) in [5.41, 5.74) is 0.624. The number of carboxylic acid groups (broad SMARTS) is 1. The molecule has 0 saturated heterocycles. The van der Waals surface area contributed by atoms with Gasteiger partial charge in [-0.15, -0.1) is 0 Å². The molecule has 1 aliphatic rings. The van der Waals surface area contributed by atoms with Crippen LogP contribution < -0.4 is 5.32 Å². The molecule has 7 heteroatoms. The number of nitrogens with zero attached hydrogens (tertiary/aromatic N) is 2. The number of carbonyl (C=O) groups is 3. The molecule has 1 aromatic rings. The number of hydrogen-bond acceptors (Lipinski definition) is 4. The molecular formula is C14H15N3O4. The summed E-state index contributed by atoms with van der Waals surface area (Å²) in [5.74, 6) is -1.91. The standard InChI is InChI=1S/C14H15N3O4/c1-17-11(18)8-7-10(16-17)13(19)15-12(14(20)21)9-5-3-2-4-6-9/h2-6,12H,7-8H2,1H3,(H,15,19)(H,20,21)/t12-/m0/s1. The highest BCUT2D eigenvalue weighted by Gasteiger charge is 2.27. The fraction of sp³-hybridized carbons (Fsp3) is 0.286. The van der Waals surface area contributed by atoms with Crippen molar-refractivity contribution in [3.63, 3.8) is 0 Å². The van der Waals surface area contributed by atoms with Crippen molar-refractivity contribution in [2.75, 3.05) is 7.05 Å². The number of hydrogen-bond donors (Lipinski definition) is 2. The van der Waals surface area contributed by atoms with Gasteiger partial charge in [0.15, 0.2) is 6.04 Å². The Morgan fingerprint density at radius 2 is 1.95 bits per heavy atom. The number of rotatable bonds is 4. The van der Waals surface area contributed by atoms with E-state index in [1.807, 2.05) is 0 Å². The predicted molar refractivity (Wildman–Crippen MR) is 74.4 cm³/mol. The molecule has 2 N–H and O–H groups in total. The van der Waals surface area contributed by atoms with E-state index in [1.165, 1.54) is 7.05 Å². The number of amides is 2. The van der Waals surface area contributed by atoms with Crippen molar-refractivity contribution in [1.29, 1.82) is 0 Å². The number of nitrogens with one attached hydrogen (secondary N) is 1. The summed E-state index contributed by atoms with van der Waals surface area (Å²) in [6.07, 6.45) is 0.391. The van der Waals surface area contributed by atoms with Crippen molar-refractivity contribution in [1.82, 2.24) is 10.3 Å². The molecule has 0 unspecified atom stereocenters. The van der Waals surface area contributed by atoms with Crippen molar-refractivity contribution < 1.29 is 19.5 Å². The van der Waals surface area contributed by atoms with Crippen LogP contribution >= 0.6 is 0 Å². The van der Waals surface area contributed by atoms with E-state index in [4.69, 9.17) is 0 Å². The van der Waals surface area contributed by atoms with Gasteiger partial charge < -0.3 is 10.4 Å². The van der Waals surface area contributed by atoms with Crippen LogP contribution in [0.1, 0.15) is 24.4 Å². The fourth-order valence-electron chi connectivity index (χ4n) is 1.98. The van der Waals surface area contributed by atoms with Crippen LogP contribution in [-0.4, -0.2) is 40.7 Å². The monoisotopic (exact) mass is 289 g/mol. The van der Waals surface area contributed by atoms with Gasteiger partial charge in [-0.3, -0.25) is 9.59 Å². The van der Waals surface area contributed by atoms with Crippen LogP contribution in [0.25, 0.3) is 0 Å². The molecule has 0 spiro atoms. The first-order valence-electron chi connectivity index (χ1n) is 6.41. The summed E-state index contributed by atoms with van der Waals surface area (Å²) >= 11 is 0. The predicted octanol–water partition coefficient (Wildman–Crippen LogP) is 0.537. The van der Waals surface area contributed by atoms with Gasteiger partial charge in [-0.2, -0.15) is 5.10 Å². The summed E-state index contributed by atoms with van der Waals surface area (Å²) in [4.78, 5) is 34.7. The molecule has 1 aliphatic heterocycles. The van der Waals surface area contributed by atoms with Crippen molar-refractivity contribution in [3.05, 3.63) is 35.9 Å². The minimum absolute atomic E-state index is 0.152. The summed E-state index contributed by atoms with van der Waals surface area (Å²) in [6.45, 7) is 0. The molecule has 110 valence electrons. The van der Waals surface area contributed by atoms with Gasteiger partial charge in [0.25, 0.3) is 5.91 Å². The molecule has 0 fully saturated rings. The van der Waals surface area contributed by atoms with E-state index in [9.17, 15) is 19.5 Å². The molecule has 1 heterocycles. The summed E-state index contributed by atoms with van der Waals surface area (Å²) in [5, 5.41) is 16.6. The second-order valence-electron chi connectivity index (χ2n) is 4.62. The molecule has 0 bridgehead atoms. The second kappa shape index (κ2) is 6.17. The molecule has 0 aliphatic carbocycles. The average Bonchev–Trinajstić information content (AvgIpc) is 2.48. The highest BCUT2D eigenvalue weighted by molar-refractivity contribution is 6.39. The van der Waals surface area contributed by atoms with Crippen LogP contribution in [-0.2, 0) is 14.4 Å². The third-order valence-electron chi connectivity index (χ3n) is 3.12. The summed E-state index contributed by atoms with van der Waals surface area (Å²) in [7, 11) is 1.46. The molecule has 1 atom stereocenters. The van der Waals surface area contributed by atoms with Gasteiger partial charge >= 0.3 is 5.97 Å². The van der Waals surface area contributed by atoms with E-state index in [-0.39, 0.29) is 24.5 Å². The minimum Gasteiger partial charge on any atom is -0.479 e. The van der Waals surface area contributed by atoms with Crippen LogP contribution in [0.15, 0.2) is 35.4 Å². The molecule has 2 amide bonds. The van der Waals surface area contributed by atoms with E-state index in [0.717, 1.165) is 5.01 Å². The number of aliphatic carboxylic acids is 1. The van der Waals surface area contributed by atoms with E-state index in [0.29, 0.717) is 5.56 Å². The van der Waals surface area contributed by atoms with Crippen LogP contribution in [0.3, 0.4) is 0 Å². The van der Waals surface area contributed by atoms with E-state index < -0.39 is 17.9 Å². The summed E-state index contributed by atoms with van der Waals surface area (Å²) < 4.78 is 0. The van der Waals surface area contributed by atoms with Gasteiger partial charge in [-0.05, 0) is 5.56 Å². The van der Waals surface area contributed by atoms with Gasteiger partial charge in [0, 0.05) is 19.9 Å². The van der Waals surface area contributed by atoms with Gasteiger partial charge in [0.1, 0.15) is 5.71 Å². The molecule has 0 radical (unpaired) electrons. The van der Waals surface area contributed by atoms with E-state index in [1.54, 1.807) is 30.3 Å². The highest BCUT2D eigenvalue weighted by atomic mass is 16.4. The Kier molecular flexibility index (Phi) is 4.32. The quantitative estimate of drug-likeness (QED) is 0.844. The normalized spacial score (nSPS) is 16.1. The first-order chi connectivity index (χ1) is 9.99. The molecule has 0 aromatic heterocycles. The maximum atomic E-state index is 12.1. The zero-order valence-electron chi connectivity index (χ0n) is 11.4. The Balaban J connectivity index is 2.15. The topological polar surface area (TPSA) is 99.1 Å². The Hall–Kier alpha value is -2.70. The lowest BCUT2D eigenvalue weighted by Gasteiger charge is -2.20. The Labute approximate surface area is 121 Å². The number of hydrazone groups is 1. The Morgan fingerprint density at radius 3 is 2.52 bits per heavy atom. The smallest absolute Gasteiger partial charge is 0.330 e. The lowest BCUT2D eigenvalue weighted by atomic mass is 10.1. The number of carboxylic acids is 1. The van der Waals surface area contributed by atoms with Gasteiger partial charge in [-0.25, -0.2) is 9.80 Å². The van der Waals surface area contributed by atoms with Gasteiger partial charge in [0.05, 0.1) is 0 Å². The fourth-order valence-corrected chi connectivity index (χ4v) is 1.98. The zero-order chi connectivity index (χ0) is 15.4. The Morgan fingerprint density at radius 1 is 1.29 bits per heavy atom. The zero-order valence-corrected chi connectivity index (χ0v) is 11.4. The largest absolute Gasteiger partial charge is 0.479 e. The van der Waals surface area contributed by atoms with Crippen LogP contribution in [0, 0.1) is 0 Å². The van der Waals surface area contributed by atoms with E-state index in [2.05, 4.69) is 10.4 Å². The van der Waals surface area contributed by atoms with Gasteiger partial charge in [0.2, 0.25) is 5.91 Å². The third-order valence-corrected chi connectivity index (χ3v) is 3.12. The van der Waals surface area contributed by atoms with Crippen molar-refractivity contribution in [3.8, 4) is 0 Å². The maximum Gasteiger partial charge on any atom is 0.330 e. The average molecular weight is 289 g/mol. The lowest BCUT2D eigenvalue weighted by molar-refractivity contribution is -0.141. The molecule has 21 heavy (non-hydrogen) atoms. The number of benzene rings is 1. The Bertz CT molecular complexity index is 597. The molecule has 2 rings (SSSR count). The maximum absolute atomic E-state index is 12.1. The van der Waals surface area contributed by atoms with Gasteiger partial charge in [-0.1, -0.05) is 30.3 Å². The molecular weight excluding hydrogens is 274 g/mol. The van der Waals surface area contributed by atoms with Crippen molar-refractivity contribution >= 4 is 23.5 Å². The SMILES string of the molecule is CN1N=C(C(=O)N[C@H](C(=O)O)c2ccccc2)CCC1=O. The highest BCUT2D eigenvalue weighted by Crippen LogP contribution is 2.14. The van der Waals surface area contributed by atoms with Crippen LogP contribution in [0.2, 0.25) is 0 Å². The van der Waals surface area contributed by atoms with Crippen LogP contribution in [0.4, 0.5) is 0 Å². The lowest BCUT2D eigenvalue weighted by Crippen LogP contribution is -2.41. The summed E-state index contributed by atoms with van der Waals surface area (Å²) in [6, 6.07) is 7.25. The van der Waals surface area contributed by atoms with Crippen molar-refractivity contribution in [2.24, 2.45) is 5.10 Å². The van der Waals surface area contributed by atoms with E-state index >= 15 is 0 Å². The first kappa shape index (κ1) is 14.7. The molecule has 0 saturated carbocycles. The second-order valence-corrected chi connectivity index (χ2v) is 4.62. The number of carbonyl (C=O) groups excluding carboxylic acids is 2. The first-order valence-corrected chi connectivity index (χ1v) is 6.41. The molecule has 7 nitrogen and oxygen atoms in total. The minimum atomic E-state index is -1.16. The van der Waals surface area contributed by atoms with Crippen LogP contribution in [0.5, 0.6) is 0 Å². The third kappa shape index (κ3) is 3.44. The molecule has 1 aromatic carbocycles.